The molecular formula is C17H26N2O2. The van der Waals surface area contributed by atoms with Crippen LogP contribution in [0.1, 0.15) is 37.3 Å². The Morgan fingerprint density at radius 2 is 2.00 bits per heavy atom. The van der Waals surface area contributed by atoms with Gasteiger partial charge in [-0.1, -0.05) is 30.3 Å². The van der Waals surface area contributed by atoms with Crippen molar-refractivity contribution in [1.82, 2.24) is 4.90 Å². The van der Waals surface area contributed by atoms with Crippen molar-refractivity contribution in [2.75, 3.05) is 26.8 Å². The number of nitrogens with zero attached hydrogens (tertiary/aromatic N) is 1. The second kappa shape index (κ2) is 8.15. The van der Waals surface area contributed by atoms with Crippen LogP contribution in [0.15, 0.2) is 30.3 Å². The van der Waals surface area contributed by atoms with E-state index in [-0.39, 0.29) is 11.9 Å². The monoisotopic (exact) mass is 290 g/mol. The second-order valence-electron chi connectivity index (χ2n) is 5.89. The Labute approximate surface area is 127 Å². The number of rotatable bonds is 6. The molecule has 2 N–H and O–H groups in total. The molecule has 1 aromatic rings. The fraction of sp³-hybridized carbons (Fsp3) is 0.588. The van der Waals surface area contributed by atoms with Crippen molar-refractivity contribution < 1.29 is 9.53 Å². The highest BCUT2D eigenvalue weighted by molar-refractivity contribution is 5.75. The van der Waals surface area contributed by atoms with E-state index in [9.17, 15) is 4.79 Å². The summed E-state index contributed by atoms with van der Waals surface area (Å²) < 4.78 is 5.35. The Morgan fingerprint density at radius 3 is 2.67 bits per heavy atom. The molecular weight excluding hydrogens is 264 g/mol. The number of benzene rings is 1. The van der Waals surface area contributed by atoms with Crippen LogP contribution in [0.2, 0.25) is 0 Å². The Kier molecular flexibility index (Phi) is 6.21. The van der Waals surface area contributed by atoms with Crippen molar-refractivity contribution in [3.8, 4) is 0 Å². The first-order valence-corrected chi connectivity index (χ1v) is 7.79. The van der Waals surface area contributed by atoms with Gasteiger partial charge in [0.05, 0.1) is 0 Å². The topological polar surface area (TPSA) is 55.6 Å². The summed E-state index contributed by atoms with van der Waals surface area (Å²) in [5.74, 6) is 0.767. The number of hydrogen-bond donors (Lipinski definition) is 1. The van der Waals surface area contributed by atoms with Gasteiger partial charge in [-0.05, 0) is 30.7 Å². The molecule has 1 saturated heterocycles. The fourth-order valence-electron chi connectivity index (χ4n) is 2.75. The highest BCUT2D eigenvalue weighted by Crippen LogP contribution is 2.18. The molecule has 1 amide bonds. The lowest BCUT2D eigenvalue weighted by molar-refractivity contribution is -0.131. The van der Waals surface area contributed by atoms with E-state index < -0.39 is 0 Å². The third-order valence-corrected chi connectivity index (χ3v) is 4.20. The molecule has 0 aliphatic carbocycles. The van der Waals surface area contributed by atoms with Crippen LogP contribution >= 0.6 is 0 Å². The molecule has 0 radical (unpaired) electrons. The van der Waals surface area contributed by atoms with Crippen molar-refractivity contribution in [2.24, 2.45) is 11.7 Å². The number of carbonyl (C=O) groups excluding carboxylic acids is 1. The summed E-state index contributed by atoms with van der Waals surface area (Å²) in [4.78, 5) is 14.0. The van der Waals surface area contributed by atoms with Crippen LogP contribution in [-0.2, 0) is 9.53 Å². The first-order valence-electron chi connectivity index (χ1n) is 7.79. The van der Waals surface area contributed by atoms with E-state index in [1.54, 1.807) is 0 Å². The van der Waals surface area contributed by atoms with Gasteiger partial charge in [0.15, 0.2) is 0 Å². The minimum atomic E-state index is -0.0633. The SMILES string of the molecule is CN(CC1CCOCC1)C(=O)CCC(N)c1ccccc1. The maximum Gasteiger partial charge on any atom is 0.222 e. The zero-order chi connectivity index (χ0) is 15.1. The van der Waals surface area contributed by atoms with Crippen LogP contribution in [-0.4, -0.2) is 37.6 Å². The maximum absolute atomic E-state index is 12.2. The summed E-state index contributed by atoms with van der Waals surface area (Å²) in [7, 11) is 1.89. The summed E-state index contributed by atoms with van der Waals surface area (Å²) >= 11 is 0. The lowest BCUT2D eigenvalue weighted by atomic mass is 9.99. The smallest absolute Gasteiger partial charge is 0.222 e. The minimum Gasteiger partial charge on any atom is -0.381 e. The summed E-state index contributed by atoms with van der Waals surface area (Å²) in [5.41, 5.74) is 7.24. The summed E-state index contributed by atoms with van der Waals surface area (Å²) in [6.45, 7) is 2.49. The number of ether oxygens (including phenoxy) is 1. The molecule has 116 valence electrons. The lowest BCUT2D eigenvalue weighted by Crippen LogP contribution is -2.34. The van der Waals surface area contributed by atoms with Crippen LogP contribution in [0.25, 0.3) is 0 Å². The lowest BCUT2D eigenvalue weighted by Gasteiger charge is -2.27. The van der Waals surface area contributed by atoms with Crippen LogP contribution in [0, 0.1) is 5.92 Å². The molecule has 1 fully saturated rings. The summed E-state index contributed by atoms with van der Waals surface area (Å²) in [6, 6.07) is 9.90. The van der Waals surface area contributed by atoms with Gasteiger partial charge in [-0.25, -0.2) is 0 Å². The van der Waals surface area contributed by atoms with Crippen molar-refractivity contribution in [1.29, 1.82) is 0 Å². The van der Waals surface area contributed by atoms with Crippen LogP contribution in [0.5, 0.6) is 0 Å². The highest BCUT2D eigenvalue weighted by atomic mass is 16.5. The van der Waals surface area contributed by atoms with Gasteiger partial charge in [0, 0.05) is 39.3 Å². The first-order chi connectivity index (χ1) is 10.2. The number of amides is 1. The third kappa shape index (κ3) is 5.14. The van der Waals surface area contributed by atoms with Gasteiger partial charge >= 0.3 is 0 Å². The van der Waals surface area contributed by atoms with Crippen LogP contribution in [0.4, 0.5) is 0 Å². The minimum absolute atomic E-state index is 0.0633. The van der Waals surface area contributed by atoms with E-state index in [4.69, 9.17) is 10.5 Å². The van der Waals surface area contributed by atoms with Crippen LogP contribution in [0.3, 0.4) is 0 Å². The van der Waals surface area contributed by atoms with Crippen molar-refractivity contribution in [2.45, 2.75) is 31.7 Å². The van der Waals surface area contributed by atoms with E-state index in [2.05, 4.69) is 0 Å². The molecule has 0 saturated carbocycles. The Morgan fingerprint density at radius 1 is 1.33 bits per heavy atom. The summed E-state index contributed by atoms with van der Waals surface area (Å²) in [6.07, 6.45) is 3.32. The Balaban J connectivity index is 1.73. The van der Waals surface area contributed by atoms with Crippen LogP contribution < -0.4 is 5.73 Å². The largest absolute Gasteiger partial charge is 0.381 e. The van der Waals surface area contributed by atoms with Gasteiger partial charge < -0.3 is 15.4 Å². The molecule has 1 aromatic carbocycles. The Bertz CT molecular complexity index is 430. The predicted molar refractivity (Wildman–Crippen MR) is 83.8 cm³/mol. The average Bonchev–Trinajstić information content (AvgIpc) is 2.54. The normalized spacial score (nSPS) is 17.4. The molecule has 0 spiro atoms. The van der Waals surface area contributed by atoms with Crippen molar-refractivity contribution in [3.05, 3.63) is 35.9 Å². The molecule has 1 unspecified atom stereocenters. The molecule has 21 heavy (non-hydrogen) atoms. The molecule has 0 aromatic heterocycles. The van der Waals surface area contributed by atoms with E-state index in [1.807, 2.05) is 42.3 Å². The molecule has 1 heterocycles. The first kappa shape index (κ1) is 16.0. The summed E-state index contributed by atoms with van der Waals surface area (Å²) in [5, 5.41) is 0. The molecule has 4 heteroatoms. The fourth-order valence-corrected chi connectivity index (χ4v) is 2.75. The van der Waals surface area contributed by atoms with E-state index in [0.29, 0.717) is 18.8 Å². The maximum atomic E-state index is 12.2. The standard InChI is InChI=1S/C17H26N2O2/c1-19(13-14-9-11-21-12-10-14)17(20)8-7-16(18)15-5-3-2-4-6-15/h2-6,14,16H,7-13,18H2,1H3. The molecule has 1 aliphatic heterocycles. The number of nitrogens with two attached hydrogens (primary N) is 1. The third-order valence-electron chi connectivity index (χ3n) is 4.20. The number of hydrogen-bond acceptors (Lipinski definition) is 3. The van der Waals surface area contributed by atoms with Crippen molar-refractivity contribution >= 4 is 5.91 Å². The van der Waals surface area contributed by atoms with E-state index in [1.165, 1.54) is 0 Å². The van der Waals surface area contributed by atoms with Gasteiger partial charge in [0.1, 0.15) is 0 Å². The molecule has 4 nitrogen and oxygen atoms in total. The van der Waals surface area contributed by atoms with Gasteiger partial charge in [-0.3, -0.25) is 4.79 Å². The molecule has 1 atom stereocenters. The Hall–Kier alpha value is -1.39. The van der Waals surface area contributed by atoms with Gasteiger partial charge in [-0.2, -0.15) is 0 Å². The average molecular weight is 290 g/mol. The quantitative estimate of drug-likeness (QED) is 0.875. The van der Waals surface area contributed by atoms with E-state index >= 15 is 0 Å². The molecule has 1 aliphatic rings. The molecule has 2 rings (SSSR count). The number of carbonyl (C=O) groups is 1. The zero-order valence-corrected chi connectivity index (χ0v) is 12.8. The van der Waals surface area contributed by atoms with Crippen molar-refractivity contribution in [3.63, 3.8) is 0 Å². The van der Waals surface area contributed by atoms with Gasteiger partial charge in [-0.15, -0.1) is 0 Å². The molecule has 0 bridgehead atoms. The van der Waals surface area contributed by atoms with E-state index in [0.717, 1.165) is 38.2 Å². The zero-order valence-electron chi connectivity index (χ0n) is 12.8. The van der Waals surface area contributed by atoms with Gasteiger partial charge in [0.2, 0.25) is 5.91 Å². The van der Waals surface area contributed by atoms with Gasteiger partial charge in [0.25, 0.3) is 0 Å². The highest BCUT2D eigenvalue weighted by Gasteiger charge is 2.19. The predicted octanol–water partition coefficient (Wildman–Crippen LogP) is 2.35. The second-order valence-corrected chi connectivity index (χ2v) is 5.89.